The van der Waals surface area contributed by atoms with Crippen LogP contribution in [0.3, 0.4) is 0 Å². The molecule has 2 aromatic rings. The third-order valence-electron chi connectivity index (χ3n) is 4.14. The Morgan fingerprint density at radius 3 is 2.71 bits per heavy atom. The summed E-state index contributed by atoms with van der Waals surface area (Å²) >= 11 is 0. The first kappa shape index (κ1) is 16.6. The van der Waals surface area contributed by atoms with Crippen LogP contribution in [0.4, 0.5) is 4.39 Å². The van der Waals surface area contributed by atoms with E-state index >= 15 is 0 Å². The quantitative estimate of drug-likeness (QED) is 0.901. The number of hydrogen-bond acceptors (Lipinski definition) is 4. The predicted octanol–water partition coefficient (Wildman–Crippen LogP) is 1.46. The van der Waals surface area contributed by atoms with Gasteiger partial charge in [-0.15, -0.1) is 0 Å². The Bertz CT molecular complexity index is 680. The zero-order valence-electron chi connectivity index (χ0n) is 13.6. The Balaban J connectivity index is 1.56. The predicted molar refractivity (Wildman–Crippen MR) is 87.7 cm³/mol. The van der Waals surface area contributed by atoms with Gasteiger partial charge < -0.3 is 10.1 Å². The molecule has 1 aromatic heterocycles. The number of hydrogen-bond donors (Lipinski definition) is 1. The van der Waals surface area contributed by atoms with Gasteiger partial charge in [-0.25, -0.2) is 9.07 Å². The number of benzene rings is 1. The van der Waals surface area contributed by atoms with E-state index in [0.29, 0.717) is 17.9 Å². The van der Waals surface area contributed by atoms with Crippen molar-refractivity contribution >= 4 is 5.91 Å². The second-order valence-corrected chi connectivity index (χ2v) is 5.83. The van der Waals surface area contributed by atoms with Crippen molar-refractivity contribution in [2.45, 2.75) is 13.0 Å². The molecule has 1 fully saturated rings. The van der Waals surface area contributed by atoms with Crippen LogP contribution in [0.5, 0.6) is 0 Å². The van der Waals surface area contributed by atoms with Crippen molar-refractivity contribution in [2.75, 3.05) is 32.8 Å². The number of rotatable bonds is 5. The van der Waals surface area contributed by atoms with E-state index in [0.717, 1.165) is 26.3 Å². The minimum absolute atomic E-state index is 0.212. The maximum absolute atomic E-state index is 13.0. The number of nitrogens with one attached hydrogen (secondary N) is 1. The summed E-state index contributed by atoms with van der Waals surface area (Å²) in [5, 5.41) is 7.16. The highest BCUT2D eigenvalue weighted by Crippen LogP contribution is 2.09. The van der Waals surface area contributed by atoms with Crippen LogP contribution in [0.25, 0.3) is 5.69 Å². The third kappa shape index (κ3) is 3.98. The van der Waals surface area contributed by atoms with E-state index in [9.17, 15) is 9.18 Å². The molecule has 24 heavy (non-hydrogen) atoms. The molecule has 2 heterocycles. The van der Waals surface area contributed by atoms with Gasteiger partial charge >= 0.3 is 0 Å². The number of amides is 1. The molecule has 128 valence electrons. The van der Waals surface area contributed by atoms with E-state index in [2.05, 4.69) is 22.2 Å². The zero-order chi connectivity index (χ0) is 16.9. The van der Waals surface area contributed by atoms with Crippen molar-refractivity contribution in [2.24, 2.45) is 0 Å². The third-order valence-corrected chi connectivity index (χ3v) is 4.14. The average Bonchev–Trinajstić information content (AvgIpc) is 3.11. The summed E-state index contributed by atoms with van der Waals surface area (Å²) in [6.07, 6.45) is 1.69. The molecule has 6 nitrogen and oxygen atoms in total. The van der Waals surface area contributed by atoms with Gasteiger partial charge in [-0.05, 0) is 37.3 Å². The Hall–Kier alpha value is -2.25. The second-order valence-electron chi connectivity index (χ2n) is 5.83. The van der Waals surface area contributed by atoms with Crippen molar-refractivity contribution in [3.05, 3.63) is 48.0 Å². The molecule has 1 aliphatic heterocycles. The first-order valence-corrected chi connectivity index (χ1v) is 8.05. The summed E-state index contributed by atoms with van der Waals surface area (Å²) in [6.45, 7) is 5.89. The maximum Gasteiger partial charge on any atom is 0.271 e. The SMILES string of the molecule is CC(CNC(=O)c1ccn(-c2ccc(F)cc2)n1)N1CCOCC1. The fourth-order valence-electron chi connectivity index (χ4n) is 2.66. The monoisotopic (exact) mass is 332 g/mol. The van der Waals surface area contributed by atoms with Gasteiger partial charge in [0.15, 0.2) is 5.69 Å². The lowest BCUT2D eigenvalue weighted by molar-refractivity contribution is 0.0204. The molecule has 0 bridgehead atoms. The number of ether oxygens (including phenoxy) is 1. The van der Waals surface area contributed by atoms with E-state index < -0.39 is 0 Å². The summed E-state index contributed by atoms with van der Waals surface area (Å²) in [5.41, 5.74) is 1.05. The summed E-state index contributed by atoms with van der Waals surface area (Å²) in [7, 11) is 0. The van der Waals surface area contributed by atoms with Crippen molar-refractivity contribution in [3.63, 3.8) is 0 Å². The van der Waals surface area contributed by atoms with Gasteiger partial charge in [0.05, 0.1) is 18.9 Å². The molecule has 1 saturated heterocycles. The van der Waals surface area contributed by atoms with Gasteiger partial charge in [-0.3, -0.25) is 9.69 Å². The fraction of sp³-hybridized carbons (Fsp3) is 0.412. The van der Waals surface area contributed by atoms with Crippen LogP contribution < -0.4 is 5.32 Å². The number of nitrogens with zero attached hydrogens (tertiary/aromatic N) is 3. The molecule has 1 atom stereocenters. The van der Waals surface area contributed by atoms with Crippen LogP contribution in [0.15, 0.2) is 36.5 Å². The molecular weight excluding hydrogens is 311 g/mol. The van der Waals surface area contributed by atoms with Gasteiger partial charge in [-0.1, -0.05) is 0 Å². The van der Waals surface area contributed by atoms with E-state index in [1.165, 1.54) is 12.1 Å². The lowest BCUT2D eigenvalue weighted by atomic mass is 10.2. The molecule has 0 aliphatic carbocycles. The fourth-order valence-corrected chi connectivity index (χ4v) is 2.66. The first-order valence-electron chi connectivity index (χ1n) is 8.05. The summed E-state index contributed by atoms with van der Waals surface area (Å²) in [6, 6.07) is 7.85. The highest BCUT2D eigenvalue weighted by Gasteiger charge is 2.18. The van der Waals surface area contributed by atoms with E-state index in [4.69, 9.17) is 4.74 Å². The second kappa shape index (κ2) is 7.55. The Labute approximate surface area is 140 Å². The molecule has 0 saturated carbocycles. The molecule has 1 aromatic carbocycles. The molecule has 1 aliphatic rings. The van der Waals surface area contributed by atoms with Crippen LogP contribution in [-0.4, -0.2) is 59.5 Å². The number of morpholine rings is 1. The Morgan fingerprint density at radius 1 is 1.29 bits per heavy atom. The van der Waals surface area contributed by atoms with E-state index in [1.807, 2.05) is 0 Å². The van der Waals surface area contributed by atoms with Gasteiger partial charge in [0.2, 0.25) is 0 Å². The summed E-state index contributed by atoms with van der Waals surface area (Å²) in [5.74, 6) is -0.517. The molecule has 3 rings (SSSR count). The maximum atomic E-state index is 13.0. The summed E-state index contributed by atoms with van der Waals surface area (Å²) in [4.78, 5) is 14.5. The van der Waals surface area contributed by atoms with Crippen molar-refractivity contribution in [1.82, 2.24) is 20.0 Å². The molecule has 0 spiro atoms. The number of aromatic nitrogens is 2. The van der Waals surface area contributed by atoms with Crippen LogP contribution in [0.1, 0.15) is 17.4 Å². The van der Waals surface area contributed by atoms with Gasteiger partial charge in [0.1, 0.15) is 5.82 Å². The van der Waals surface area contributed by atoms with Crippen LogP contribution in [0, 0.1) is 5.82 Å². The van der Waals surface area contributed by atoms with Crippen LogP contribution in [0.2, 0.25) is 0 Å². The van der Waals surface area contributed by atoms with Crippen molar-refractivity contribution in [1.29, 1.82) is 0 Å². The van der Waals surface area contributed by atoms with Gasteiger partial charge in [0, 0.05) is 31.9 Å². The highest BCUT2D eigenvalue weighted by molar-refractivity contribution is 5.92. The molecule has 1 amide bonds. The van der Waals surface area contributed by atoms with Crippen LogP contribution >= 0.6 is 0 Å². The van der Waals surface area contributed by atoms with E-state index in [1.54, 1.807) is 29.1 Å². The number of halogens is 1. The van der Waals surface area contributed by atoms with Gasteiger partial charge in [0.25, 0.3) is 5.91 Å². The molecule has 1 N–H and O–H groups in total. The normalized spacial score (nSPS) is 16.8. The van der Waals surface area contributed by atoms with Crippen LogP contribution in [-0.2, 0) is 4.74 Å². The lowest BCUT2D eigenvalue weighted by Gasteiger charge is -2.32. The zero-order valence-corrected chi connectivity index (χ0v) is 13.6. The number of carbonyl (C=O) groups excluding carboxylic acids is 1. The highest BCUT2D eigenvalue weighted by atomic mass is 19.1. The smallest absolute Gasteiger partial charge is 0.271 e. The van der Waals surface area contributed by atoms with Crippen molar-refractivity contribution < 1.29 is 13.9 Å². The molecule has 0 radical (unpaired) electrons. The minimum atomic E-state index is -0.305. The first-order chi connectivity index (χ1) is 11.6. The van der Waals surface area contributed by atoms with Crippen molar-refractivity contribution in [3.8, 4) is 5.69 Å². The number of carbonyl (C=O) groups is 1. The average molecular weight is 332 g/mol. The Kier molecular flexibility index (Phi) is 5.22. The lowest BCUT2D eigenvalue weighted by Crippen LogP contribution is -2.47. The molecule has 1 unspecified atom stereocenters. The largest absolute Gasteiger partial charge is 0.379 e. The Morgan fingerprint density at radius 2 is 2.00 bits per heavy atom. The standard InChI is InChI=1S/C17H21FN4O2/c1-13(21-8-10-24-11-9-21)12-19-17(23)16-6-7-22(20-16)15-4-2-14(18)3-5-15/h2-7,13H,8-12H2,1H3,(H,19,23). The van der Waals surface area contributed by atoms with E-state index in [-0.39, 0.29) is 17.8 Å². The topological polar surface area (TPSA) is 59.4 Å². The summed E-state index contributed by atoms with van der Waals surface area (Å²) < 4.78 is 19.8. The molecule has 7 heteroatoms. The molecular formula is C17H21FN4O2. The van der Waals surface area contributed by atoms with Gasteiger partial charge in [-0.2, -0.15) is 5.10 Å². The minimum Gasteiger partial charge on any atom is -0.379 e.